The highest BCUT2D eigenvalue weighted by molar-refractivity contribution is 5.85. The molecule has 2 heterocycles. The van der Waals surface area contributed by atoms with Crippen LogP contribution in [0.15, 0.2) is 0 Å². The number of ether oxygens (including phenoxy) is 2. The van der Waals surface area contributed by atoms with Crippen LogP contribution in [0.2, 0.25) is 0 Å². The van der Waals surface area contributed by atoms with Crippen LogP contribution in [0.5, 0.6) is 0 Å². The Hall–Kier alpha value is -0.360. The number of piperidine rings is 1. The van der Waals surface area contributed by atoms with E-state index in [0.717, 1.165) is 45.7 Å². The van der Waals surface area contributed by atoms with Crippen LogP contribution in [-0.4, -0.2) is 56.5 Å². The van der Waals surface area contributed by atoms with Gasteiger partial charge in [0, 0.05) is 13.1 Å². The molecule has 2 fully saturated rings. The fraction of sp³-hybridized carbons (Fsp3) is 0.917. The van der Waals surface area contributed by atoms with E-state index >= 15 is 0 Å². The van der Waals surface area contributed by atoms with Crippen LogP contribution in [0.1, 0.15) is 19.8 Å². The molecule has 0 radical (unpaired) electrons. The summed E-state index contributed by atoms with van der Waals surface area (Å²) in [7, 11) is 0. The smallest absolute Gasteiger partial charge is 0.309 e. The van der Waals surface area contributed by atoms with E-state index in [4.69, 9.17) is 9.47 Å². The molecule has 0 spiro atoms. The van der Waals surface area contributed by atoms with Crippen LogP contribution in [0.3, 0.4) is 0 Å². The Morgan fingerprint density at radius 1 is 1.44 bits per heavy atom. The molecule has 2 atom stereocenters. The zero-order chi connectivity index (χ0) is 12.1. The van der Waals surface area contributed by atoms with Gasteiger partial charge in [0.1, 0.15) is 0 Å². The third-order valence-corrected chi connectivity index (χ3v) is 3.49. The predicted octanol–water partition coefficient (Wildman–Crippen LogP) is 0.629. The Bertz CT molecular complexity index is 260. The number of carbonyl (C=O) groups is 1. The fourth-order valence-electron chi connectivity index (χ4n) is 2.54. The van der Waals surface area contributed by atoms with E-state index in [2.05, 4.69) is 10.2 Å². The summed E-state index contributed by atoms with van der Waals surface area (Å²) in [6, 6.07) is 0. The molecule has 5 nitrogen and oxygen atoms in total. The lowest BCUT2D eigenvalue weighted by molar-refractivity contribution is -0.150. The number of esters is 1. The van der Waals surface area contributed by atoms with Gasteiger partial charge in [-0.05, 0) is 26.3 Å². The maximum absolute atomic E-state index is 11.7. The SMILES string of the molecule is CCOC(=O)C1CCNC(N2CCOCC2)C1.Cl. The summed E-state index contributed by atoms with van der Waals surface area (Å²) in [6.45, 7) is 6.72. The summed E-state index contributed by atoms with van der Waals surface area (Å²) < 4.78 is 10.4. The Kier molecular flexibility index (Phi) is 6.92. The molecule has 0 amide bonds. The first-order valence-electron chi connectivity index (χ1n) is 6.53. The van der Waals surface area contributed by atoms with Crippen LogP contribution in [0.25, 0.3) is 0 Å². The maximum Gasteiger partial charge on any atom is 0.309 e. The van der Waals surface area contributed by atoms with Crippen molar-refractivity contribution in [2.24, 2.45) is 5.92 Å². The molecular formula is C12H23ClN2O3. The van der Waals surface area contributed by atoms with Gasteiger partial charge in [-0.2, -0.15) is 0 Å². The molecule has 0 aromatic heterocycles. The van der Waals surface area contributed by atoms with E-state index in [1.54, 1.807) is 0 Å². The van der Waals surface area contributed by atoms with E-state index in [-0.39, 0.29) is 24.3 Å². The third-order valence-electron chi connectivity index (χ3n) is 3.49. The van der Waals surface area contributed by atoms with Crippen molar-refractivity contribution in [3.05, 3.63) is 0 Å². The van der Waals surface area contributed by atoms with Gasteiger partial charge in [0.05, 0.1) is 31.9 Å². The van der Waals surface area contributed by atoms with Crippen LogP contribution in [0, 0.1) is 5.92 Å². The number of morpholine rings is 1. The molecule has 2 rings (SSSR count). The van der Waals surface area contributed by atoms with Crippen molar-refractivity contribution < 1.29 is 14.3 Å². The van der Waals surface area contributed by atoms with Gasteiger partial charge >= 0.3 is 5.97 Å². The zero-order valence-electron chi connectivity index (χ0n) is 10.9. The van der Waals surface area contributed by atoms with Crippen molar-refractivity contribution in [2.45, 2.75) is 25.9 Å². The van der Waals surface area contributed by atoms with Gasteiger partial charge in [-0.1, -0.05) is 0 Å². The quantitative estimate of drug-likeness (QED) is 0.768. The van der Waals surface area contributed by atoms with Gasteiger partial charge in [0.15, 0.2) is 0 Å². The average Bonchev–Trinajstić information content (AvgIpc) is 2.40. The van der Waals surface area contributed by atoms with E-state index < -0.39 is 0 Å². The predicted molar refractivity (Wildman–Crippen MR) is 70.8 cm³/mol. The highest BCUT2D eigenvalue weighted by Crippen LogP contribution is 2.20. The molecule has 0 bridgehead atoms. The minimum atomic E-state index is -0.0349. The second kappa shape index (κ2) is 7.94. The Morgan fingerprint density at radius 3 is 2.83 bits per heavy atom. The highest BCUT2D eigenvalue weighted by atomic mass is 35.5. The Morgan fingerprint density at radius 2 is 2.17 bits per heavy atom. The van der Waals surface area contributed by atoms with Gasteiger partial charge in [-0.15, -0.1) is 12.4 Å². The number of nitrogens with zero attached hydrogens (tertiary/aromatic N) is 1. The molecule has 18 heavy (non-hydrogen) atoms. The molecule has 2 saturated heterocycles. The summed E-state index contributed by atoms with van der Waals surface area (Å²) >= 11 is 0. The molecule has 106 valence electrons. The second-order valence-corrected chi connectivity index (χ2v) is 4.59. The molecule has 6 heteroatoms. The largest absolute Gasteiger partial charge is 0.466 e. The van der Waals surface area contributed by atoms with E-state index in [9.17, 15) is 4.79 Å². The highest BCUT2D eigenvalue weighted by Gasteiger charge is 2.31. The van der Waals surface area contributed by atoms with Crippen LogP contribution in [0.4, 0.5) is 0 Å². The monoisotopic (exact) mass is 278 g/mol. The molecule has 0 aliphatic carbocycles. The first-order valence-corrected chi connectivity index (χ1v) is 6.53. The van der Waals surface area contributed by atoms with Crippen LogP contribution < -0.4 is 5.32 Å². The van der Waals surface area contributed by atoms with Crippen molar-refractivity contribution in [2.75, 3.05) is 39.5 Å². The van der Waals surface area contributed by atoms with Crippen molar-refractivity contribution in [1.29, 1.82) is 0 Å². The van der Waals surface area contributed by atoms with E-state index in [1.165, 1.54) is 0 Å². The third kappa shape index (κ3) is 4.09. The van der Waals surface area contributed by atoms with Crippen LogP contribution in [-0.2, 0) is 14.3 Å². The molecule has 0 aromatic carbocycles. The Labute approximate surface area is 115 Å². The van der Waals surface area contributed by atoms with Gasteiger partial charge < -0.3 is 14.8 Å². The fourth-order valence-corrected chi connectivity index (χ4v) is 2.54. The van der Waals surface area contributed by atoms with Crippen molar-refractivity contribution in [3.8, 4) is 0 Å². The van der Waals surface area contributed by atoms with Crippen molar-refractivity contribution in [3.63, 3.8) is 0 Å². The summed E-state index contributed by atoms with van der Waals surface area (Å²) in [5.74, 6) is 0.0244. The summed E-state index contributed by atoms with van der Waals surface area (Å²) in [4.78, 5) is 14.1. The maximum atomic E-state index is 11.7. The standard InChI is InChI=1S/C12H22N2O3.ClH/c1-2-17-12(15)10-3-4-13-11(9-10)14-5-7-16-8-6-14;/h10-11,13H,2-9H2,1H3;1H. The average molecular weight is 279 g/mol. The lowest BCUT2D eigenvalue weighted by Gasteiger charge is -2.39. The number of rotatable bonds is 3. The molecular weight excluding hydrogens is 256 g/mol. The molecule has 0 aromatic rings. The lowest BCUT2D eigenvalue weighted by Crippen LogP contribution is -2.54. The normalized spacial score (nSPS) is 29.4. The molecule has 2 aliphatic rings. The van der Waals surface area contributed by atoms with Gasteiger partial charge in [-0.3, -0.25) is 9.69 Å². The summed E-state index contributed by atoms with van der Waals surface area (Å²) in [5.41, 5.74) is 0. The number of carbonyl (C=O) groups excluding carboxylic acids is 1. The zero-order valence-corrected chi connectivity index (χ0v) is 11.7. The first kappa shape index (κ1) is 15.7. The number of halogens is 1. The molecule has 0 saturated carbocycles. The van der Waals surface area contributed by atoms with Crippen molar-refractivity contribution >= 4 is 18.4 Å². The van der Waals surface area contributed by atoms with Crippen molar-refractivity contribution in [1.82, 2.24) is 10.2 Å². The topological polar surface area (TPSA) is 50.8 Å². The number of hydrogen-bond acceptors (Lipinski definition) is 5. The minimum absolute atomic E-state index is 0. The summed E-state index contributed by atoms with van der Waals surface area (Å²) in [5, 5.41) is 3.48. The second-order valence-electron chi connectivity index (χ2n) is 4.59. The van der Waals surface area contributed by atoms with E-state index in [0.29, 0.717) is 12.8 Å². The molecule has 2 unspecified atom stereocenters. The molecule has 1 N–H and O–H groups in total. The number of hydrogen-bond donors (Lipinski definition) is 1. The van der Waals surface area contributed by atoms with Gasteiger partial charge in [-0.25, -0.2) is 0 Å². The molecule has 2 aliphatic heterocycles. The first-order chi connectivity index (χ1) is 8.31. The number of nitrogens with one attached hydrogen (secondary N) is 1. The van der Waals surface area contributed by atoms with E-state index in [1.807, 2.05) is 6.92 Å². The summed E-state index contributed by atoms with van der Waals surface area (Å²) in [6.07, 6.45) is 2.06. The van der Waals surface area contributed by atoms with Crippen LogP contribution >= 0.6 is 12.4 Å². The van der Waals surface area contributed by atoms with Gasteiger partial charge in [0.2, 0.25) is 0 Å². The minimum Gasteiger partial charge on any atom is -0.466 e. The Balaban J connectivity index is 0.00000162. The lowest BCUT2D eigenvalue weighted by atomic mass is 9.95. The van der Waals surface area contributed by atoms with Gasteiger partial charge in [0.25, 0.3) is 0 Å².